The molecule has 66 valence electrons. The van der Waals surface area contributed by atoms with Crippen molar-refractivity contribution in [1.29, 1.82) is 0 Å². The molecule has 4 atom stereocenters. The third-order valence-electron chi connectivity index (χ3n) is 3.50. The Morgan fingerprint density at radius 1 is 1.67 bits per heavy atom. The van der Waals surface area contributed by atoms with E-state index in [0.717, 1.165) is 6.42 Å². The minimum atomic E-state index is -0.641. The predicted molar refractivity (Wildman–Crippen MR) is 45.6 cm³/mol. The van der Waals surface area contributed by atoms with Gasteiger partial charge < -0.3 is 5.11 Å². The van der Waals surface area contributed by atoms with E-state index in [1.54, 1.807) is 0 Å². The fourth-order valence-electron chi connectivity index (χ4n) is 2.79. The summed E-state index contributed by atoms with van der Waals surface area (Å²) in [5.74, 6) is 1.72. The molecule has 0 aromatic rings. The number of allylic oxidation sites excluding steroid dienone is 2. The highest BCUT2D eigenvalue weighted by molar-refractivity contribution is 5.67. The highest BCUT2D eigenvalue weighted by atomic mass is 16.4. The van der Waals surface area contributed by atoms with E-state index in [0.29, 0.717) is 30.1 Å². The summed E-state index contributed by atoms with van der Waals surface area (Å²) in [6, 6.07) is 0. The average molecular weight is 166 g/mol. The molecule has 0 spiro atoms. The monoisotopic (exact) mass is 166 g/mol. The highest BCUT2D eigenvalue weighted by Gasteiger charge is 2.47. The highest BCUT2D eigenvalue weighted by Crippen LogP contribution is 2.53. The van der Waals surface area contributed by atoms with Gasteiger partial charge in [-0.3, -0.25) is 4.79 Å². The van der Waals surface area contributed by atoms with Gasteiger partial charge in [0.05, 0.1) is 0 Å². The van der Waals surface area contributed by atoms with Crippen LogP contribution in [0, 0.1) is 23.7 Å². The molecule has 0 aromatic carbocycles. The fourth-order valence-corrected chi connectivity index (χ4v) is 2.79. The second-order valence-electron chi connectivity index (χ2n) is 4.03. The Morgan fingerprint density at radius 2 is 2.42 bits per heavy atom. The van der Waals surface area contributed by atoms with Crippen LogP contribution in [-0.2, 0) is 4.79 Å². The van der Waals surface area contributed by atoms with Crippen molar-refractivity contribution >= 4 is 5.97 Å². The molecule has 1 saturated carbocycles. The van der Waals surface area contributed by atoms with Crippen molar-refractivity contribution in [3.63, 3.8) is 0 Å². The van der Waals surface area contributed by atoms with E-state index in [-0.39, 0.29) is 0 Å². The lowest BCUT2D eigenvalue weighted by atomic mass is 9.58. The van der Waals surface area contributed by atoms with Gasteiger partial charge >= 0.3 is 5.97 Å². The predicted octanol–water partition coefficient (Wildman–Crippen LogP) is 1.92. The van der Waals surface area contributed by atoms with Crippen LogP contribution in [0.3, 0.4) is 0 Å². The van der Waals surface area contributed by atoms with Gasteiger partial charge in [0.2, 0.25) is 0 Å². The van der Waals surface area contributed by atoms with Crippen LogP contribution in [0.25, 0.3) is 0 Å². The van der Waals surface area contributed by atoms with Crippen molar-refractivity contribution in [2.75, 3.05) is 0 Å². The Labute approximate surface area is 72.3 Å². The van der Waals surface area contributed by atoms with Gasteiger partial charge in [-0.05, 0) is 30.1 Å². The number of rotatable bonds is 2. The number of aliphatic carboxylic acids is 1. The summed E-state index contributed by atoms with van der Waals surface area (Å²) in [5, 5.41) is 8.67. The maximum absolute atomic E-state index is 10.5. The van der Waals surface area contributed by atoms with Crippen molar-refractivity contribution in [2.45, 2.75) is 19.8 Å². The molecule has 0 unspecified atom stereocenters. The molecule has 2 aliphatic rings. The lowest BCUT2D eigenvalue weighted by molar-refractivity contribution is -0.141. The maximum atomic E-state index is 10.5. The van der Waals surface area contributed by atoms with Gasteiger partial charge in [-0.1, -0.05) is 19.1 Å². The summed E-state index contributed by atoms with van der Waals surface area (Å²) in [6.45, 7) is 2.17. The molecule has 0 amide bonds. The molecule has 0 radical (unpaired) electrons. The molecule has 1 N–H and O–H groups in total. The zero-order chi connectivity index (χ0) is 8.72. The molecule has 0 aliphatic heterocycles. The topological polar surface area (TPSA) is 37.3 Å². The smallest absolute Gasteiger partial charge is 0.303 e. The second-order valence-corrected chi connectivity index (χ2v) is 4.03. The van der Waals surface area contributed by atoms with Gasteiger partial charge in [0, 0.05) is 6.42 Å². The molecule has 0 heterocycles. The number of hydrogen-bond donors (Lipinski definition) is 1. The molecule has 2 rings (SSSR count). The summed E-state index contributed by atoms with van der Waals surface area (Å²) >= 11 is 0. The van der Waals surface area contributed by atoms with Crippen molar-refractivity contribution in [2.24, 2.45) is 23.7 Å². The third kappa shape index (κ3) is 0.977. The van der Waals surface area contributed by atoms with Gasteiger partial charge in [-0.25, -0.2) is 0 Å². The quantitative estimate of drug-likeness (QED) is 0.636. The Hall–Kier alpha value is -0.790. The van der Waals surface area contributed by atoms with E-state index in [1.165, 1.54) is 0 Å². The van der Waals surface area contributed by atoms with Gasteiger partial charge in [0.1, 0.15) is 0 Å². The van der Waals surface area contributed by atoms with Crippen LogP contribution in [0.5, 0.6) is 0 Å². The van der Waals surface area contributed by atoms with E-state index in [2.05, 4.69) is 19.1 Å². The Balaban J connectivity index is 1.98. The van der Waals surface area contributed by atoms with Crippen molar-refractivity contribution in [1.82, 2.24) is 0 Å². The van der Waals surface area contributed by atoms with Crippen molar-refractivity contribution in [3.05, 3.63) is 12.2 Å². The minimum Gasteiger partial charge on any atom is -0.481 e. The number of carbonyl (C=O) groups is 1. The van der Waals surface area contributed by atoms with Crippen LogP contribution >= 0.6 is 0 Å². The molecule has 1 fully saturated rings. The molecule has 2 heteroatoms. The average Bonchev–Trinajstić information content (AvgIpc) is 2.44. The number of carboxylic acids is 1. The lowest BCUT2D eigenvalue weighted by Crippen LogP contribution is -2.43. The van der Waals surface area contributed by atoms with Gasteiger partial charge in [-0.2, -0.15) is 0 Å². The van der Waals surface area contributed by atoms with E-state index in [1.807, 2.05) is 0 Å². The Bertz CT molecular complexity index is 232. The van der Waals surface area contributed by atoms with Crippen LogP contribution in [0.4, 0.5) is 0 Å². The molecule has 0 aromatic heterocycles. The van der Waals surface area contributed by atoms with E-state index < -0.39 is 5.97 Å². The first kappa shape index (κ1) is 7.84. The van der Waals surface area contributed by atoms with Crippen molar-refractivity contribution < 1.29 is 9.90 Å². The largest absolute Gasteiger partial charge is 0.481 e. The summed E-state index contributed by atoms with van der Waals surface area (Å²) in [5.41, 5.74) is 0. The standard InChI is InChI=1S/C10H14O2/c1-6-7-3-2-4-8(7)9(6)5-10(11)12/h2-3,6-9H,4-5H2,1H3,(H,11,12)/t6-,7-,8-,9+/m1/s1. The fraction of sp³-hybridized carbons (Fsp3) is 0.700. The molecule has 2 aliphatic carbocycles. The van der Waals surface area contributed by atoms with Gasteiger partial charge in [0.25, 0.3) is 0 Å². The lowest BCUT2D eigenvalue weighted by Gasteiger charge is -2.46. The number of hydrogen-bond acceptors (Lipinski definition) is 1. The normalized spacial score (nSPS) is 43.8. The minimum absolute atomic E-state index is 0.365. The van der Waals surface area contributed by atoms with Gasteiger partial charge in [0.15, 0.2) is 0 Å². The second kappa shape index (κ2) is 2.61. The maximum Gasteiger partial charge on any atom is 0.303 e. The SMILES string of the molecule is C[C@@H]1[C@H]2C=CC[C@H]2[C@H]1CC(=O)O. The van der Waals surface area contributed by atoms with Crippen LogP contribution in [0.1, 0.15) is 19.8 Å². The number of fused-ring (bicyclic) bond motifs is 1. The Morgan fingerprint density at radius 3 is 3.08 bits per heavy atom. The van der Waals surface area contributed by atoms with E-state index in [4.69, 9.17) is 5.11 Å². The summed E-state index contributed by atoms with van der Waals surface area (Å²) in [7, 11) is 0. The summed E-state index contributed by atoms with van der Waals surface area (Å²) in [4.78, 5) is 10.5. The first-order valence-corrected chi connectivity index (χ1v) is 4.58. The molecule has 0 bridgehead atoms. The first-order valence-electron chi connectivity index (χ1n) is 4.58. The zero-order valence-electron chi connectivity index (χ0n) is 7.23. The Kier molecular flexibility index (Phi) is 1.71. The van der Waals surface area contributed by atoms with E-state index in [9.17, 15) is 4.79 Å². The van der Waals surface area contributed by atoms with Crippen LogP contribution in [0.2, 0.25) is 0 Å². The molecule has 12 heavy (non-hydrogen) atoms. The third-order valence-corrected chi connectivity index (χ3v) is 3.50. The molecular weight excluding hydrogens is 152 g/mol. The zero-order valence-corrected chi connectivity index (χ0v) is 7.23. The summed E-state index contributed by atoms with van der Waals surface area (Å²) < 4.78 is 0. The van der Waals surface area contributed by atoms with Crippen molar-refractivity contribution in [3.8, 4) is 0 Å². The van der Waals surface area contributed by atoms with Crippen LogP contribution < -0.4 is 0 Å². The van der Waals surface area contributed by atoms with Gasteiger partial charge in [-0.15, -0.1) is 0 Å². The number of carboxylic acid groups (broad SMARTS) is 1. The molecule has 2 nitrogen and oxygen atoms in total. The first-order chi connectivity index (χ1) is 5.70. The van der Waals surface area contributed by atoms with E-state index >= 15 is 0 Å². The van der Waals surface area contributed by atoms with Crippen LogP contribution in [-0.4, -0.2) is 11.1 Å². The van der Waals surface area contributed by atoms with Crippen LogP contribution in [0.15, 0.2) is 12.2 Å². The molecular formula is C10H14O2. The summed E-state index contributed by atoms with van der Waals surface area (Å²) in [6.07, 6.45) is 5.93. The molecule has 0 saturated heterocycles.